The van der Waals surface area contributed by atoms with Crippen LogP contribution in [0.1, 0.15) is 24.3 Å². The first-order valence-electron chi connectivity index (χ1n) is 5.99. The summed E-state index contributed by atoms with van der Waals surface area (Å²) >= 11 is 1.67. The molecule has 0 saturated heterocycles. The van der Waals surface area contributed by atoms with Gasteiger partial charge in [0.1, 0.15) is 0 Å². The van der Waals surface area contributed by atoms with Gasteiger partial charge in [0, 0.05) is 24.0 Å². The summed E-state index contributed by atoms with van der Waals surface area (Å²) in [6, 6.07) is 4.17. The molecule has 4 N–H and O–H groups in total. The van der Waals surface area contributed by atoms with Crippen LogP contribution in [-0.2, 0) is 0 Å². The maximum absolute atomic E-state index is 9.10. The molecule has 1 heterocycles. The van der Waals surface area contributed by atoms with Gasteiger partial charge in [0.2, 0.25) is 0 Å². The van der Waals surface area contributed by atoms with E-state index in [-0.39, 0.29) is 25.3 Å². The van der Waals surface area contributed by atoms with E-state index in [9.17, 15) is 0 Å². The fourth-order valence-corrected chi connectivity index (χ4v) is 2.93. The van der Waals surface area contributed by atoms with Crippen LogP contribution < -0.4 is 5.73 Å². The minimum Gasteiger partial charge on any atom is -0.395 e. The van der Waals surface area contributed by atoms with E-state index in [4.69, 9.17) is 15.9 Å². The number of hydrogen-bond acceptors (Lipinski definition) is 5. The van der Waals surface area contributed by atoms with Gasteiger partial charge in [-0.15, -0.1) is 11.3 Å². The van der Waals surface area contributed by atoms with Gasteiger partial charge in [0.25, 0.3) is 0 Å². The normalized spacial score (nSPS) is 15.1. The Hall–Kier alpha value is -0.460. The standard InChI is InChI=1S/C12H22N2O2S/c1-2-10(13)12(11-4-3-9-17-11)14(5-7-15)6-8-16/h3-4,9-10,12,15-16H,2,5-8,13H2,1H3. The summed E-state index contributed by atoms with van der Waals surface area (Å²) in [6.07, 6.45) is 0.871. The molecule has 0 aromatic carbocycles. The monoisotopic (exact) mass is 258 g/mol. The van der Waals surface area contributed by atoms with Crippen molar-refractivity contribution in [1.29, 1.82) is 0 Å². The van der Waals surface area contributed by atoms with Crippen molar-refractivity contribution in [3.63, 3.8) is 0 Å². The SMILES string of the molecule is CCC(N)C(c1cccs1)N(CCO)CCO. The number of aliphatic hydroxyl groups excluding tert-OH is 2. The zero-order valence-electron chi connectivity index (χ0n) is 10.2. The Morgan fingerprint density at radius 2 is 2.00 bits per heavy atom. The second-order valence-corrected chi connectivity index (χ2v) is 4.99. The molecule has 0 amide bonds. The Kier molecular flexibility index (Phi) is 6.69. The topological polar surface area (TPSA) is 69.7 Å². The Balaban J connectivity index is 2.86. The highest BCUT2D eigenvalue weighted by molar-refractivity contribution is 7.10. The van der Waals surface area contributed by atoms with Gasteiger partial charge in [-0.2, -0.15) is 0 Å². The largest absolute Gasteiger partial charge is 0.395 e. The van der Waals surface area contributed by atoms with Crippen LogP contribution in [0, 0.1) is 0 Å². The maximum atomic E-state index is 9.10. The molecular formula is C12H22N2O2S. The molecule has 0 radical (unpaired) electrons. The molecule has 17 heavy (non-hydrogen) atoms. The van der Waals surface area contributed by atoms with E-state index in [0.717, 1.165) is 6.42 Å². The Labute approximate surface area is 107 Å². The molecule has 1 aromatic rings. The first-order chi connectivity index (χ1) is 8.24. The summed E-state index contributed by atoms with van der Waals surface area (Å²) < 4.78 is 0. The van der Waals surface area contributed by atoms with E-state index in [1.165, 1.54) is 4.88 Å². The van der Waals surface area contributed by atoms with Gasteiger partial charge in [-0.05, 0) is 17.9 Å². The van der Waals surface area contributed by atoms with Crippen LogP contribution in [0.2, 0.25) is 0 Å². The molecular weight excluding hydrogens is 236 g/mol. The average molecular weight is 258 g/mol. The van der Waals surface area contributed by atoms with Gasteiger partial charge < -0.3 is 15.9 Å². The van der Waals surface area contributed by atoms with Crippen molar-refractivity contribution in [1.82, 2.24) is 4.90 Å². The minimum absolute atomic E-state index is 0.0201. The third-order valence-electron chi connectivity index (χ3n) is 2.88. The highest BCUT2D eigenvalue weighted by Gasteiger charge is 2.25. The number of aliphatic hydroxyl groups is 2. The van der Waals surface area contributed by atoms with Crippen molar-refractivity contribution >= 4 is 11.3 Å². The summed E-state index contributed by atoms with van der Waals surface area (Å²) in [7, 11) is 0. The zero-order chi connectivity index (χ0) is 12.7. The van der Waals surface area contributed by atoms with Crippen molar-refractivity contribution in [2.75, 3.05) is 26.3 Å². The van der Waals surface area contributed by atoms with Crippen molar-refractivity contribution in [2.45, 2.75) is 25.4 Å². The molecule has 0 saturated carbocycles. The number of rotatable bonds is 8. The summed E-state index contributed by atoms with van der Waals surface area (Å²) in [5.41, 5.74) is 6.17. The van der Waals surface area contributed by atoms with E-state index >= 15 is 0 Å². The zero-order valence-corrected chi connectivity index (χ0v) is 11.1. The molecule has 1 rings (SSSR count). The van der Waals surface area contributed by atoms with Crippen LogP contribution in [0.4, 0.5) is 0 Å². The minimum atomic E-state index is 0.0201. The van der Waals surface area contributed by atoms with Crippen molar-refractivity contribution < 1.29 is 10.2 Å². The molecule has 0 fully saturated rings. The van der Waals surface area contributed by atoms with Gasteiger partial charge in [-0.1, -0.05) is 13.0 Å². The van der Waals surface area contributed by atoms with E-state index in [2.05, 4.69) is 17.9 Å². The molecule has 5 heteroatoms. The quantitative estimate of drug-likeness (QED) is 0.645. The molecule has 1 aromatic heterocycles. The van der Waals surface area contributed by atoms with E-state index in [1.54, 1.807) is 11.3 Å². The van der Waals surface area contributed by atoms with Crippen LogP contribution in [0.25, 0.3) is 0 Å². The van der Waals surface area contributed by atoms with Gasteiger partial charge >= 0.3 is 0 Å². The third kappa shape index (κ3) is 4.04. The van der Waals surface area contributed by atoms with Gasteiger partial charge in [-0.25, -0.2) is 0 Å². The van der Waals surface area contributed by atoms with Crippen molar-refractivity contribution in [3.05, 3.63) is 22.4 Å². The van der Waals surface area contributed by atoms with Crippen molar-refractivity contribution in [3.8, 4) is 0 Å². The van der Waals surface area contributed by atoms with E-state index < -0.39 is 0 Å². The summed E-state index contributed by atoms with van der Waals surface area (Å²) in [5, 5.41) is 20.2. The number of thiophene rings is 1. The molecule has 4 nitrogen and oxygen atoms in total. The molecule has 0 aliphatic heterocycles. The Morgan fingerprint density at radius 1 is 1.35 bits per heavy atom. The predicted molar refractivity (Wildman–Crippen MR) is 71.1 cm³/mol. The lowest BCUT2D eigenvalue weighted by Gasteiger charge is -2.33. The van der Waals surface area contributed by atoms with Crippen LogP contribution in [-0.4, -0.2) is 47.5 Å². The molecule has 2 atom stereocenters. The number of hydrogen-bond donors (Lipinski definition) is 3. The van der Waals surface area contributed by atoms with Gasteiger partial charge in [0.05, 0.1) is 19.3 Å². The Bertz CT molecular complexity index is 287. The fourth-order valence-electron chi connectivity index (χ4n) is 1.99. The molecule has 0 aliphatic rings. The van der Waals surface area contributed by atoms with Gasteiger partial charge in [-0.3, -0.25) is 4.90 Å². The lowest BCUT2D eigenvalue weighted by atomic mass is 10.0. The van der Waals surface area contributed by atoms with Gasteiger partial charge in [0.15, 0.2) is 0 Å². The molecule has 2 unspecified atom stereocenters. The highest BCUT2D eigenvalue weighted by atomic mass is 32.1. The average Bonchev–Trinajstić information content (AvgIpc) is 2.83. The van der Waals surface area contributed by atoms with Crippen molar-refractivity contribution in [2.24, 2.45) is 5.73 Å². The molecule has 0 aliphatic carbocycles. The van der Waals surface area contributed by atoms with E-state index in [1.807, 2.05) is 11.4 Å². The fraction of sp³-hybridized carbons (Fsp3) is 0.667. The summed E-state index contributed by atoms with van der Waals surface area (Å²) in [4.78, 5) is 3.25. The highest BCUT2D eigenvalue weighted by Crippen LogP contribution is 2.28. The lowest BCUT2D eigenvalue weighted by molar-refractivity contribution is 0.109. The maximum Gasteiger partial charge on any atom is 0.0594 e. The summed E-state index contributed by atoms with van der Waals surface area (Å²) in [6.45, 7) is 3.30. The van der Waals surface area contributed by atoms with Crippen LogP contribution in [0.3, 0.4) is 0 Å². The Morgan fingerprint density at radius 3 is 2.41 bits per heavy atom. The molecule has 0 bridgehead atoms. The van der Waals surface area contributed by atoms with E-state index in [0.29, 0.717) is 13.1 Å². The third-order valence-corrected chi connectivity index (χ3v) is 3.82. The second kappa shape index (κ2) is 7.79. The van der Waals surface area contributed by atoms with Crippen LogP contribution >= 0.6 is 11.3 Å². The predicted octanol–water partition coefficient (Wildman–Crippen LogP) is 0.813. The first kappa shape index (κ1) is 14.6. The molecule has 0 spiro atoms. The first-order valence-corrected chi connectivity index (χ1v) is 6.87. The second-order valence-electron chi connectivity index (χ2n) is 4.02. The summed E-state index contributed by atoms with van der Waals surface area (Å²) in [5.74, 6) is 0. The van der Waals surface area contributed by atoms with Crippen LogP contribution in [0.15, 0.2) is 17.5 Å². The number of nitrogens with zero attached hydrogens (tertiary/aromatic N) is 1. The smallest absolute Gasteiger partial charge is 0.0594 e. The van der Waals surface area contributed by atoms with Crippen LogP contribution in [0.5, 0.6) is 0 Å². The molecule has 98 valence electrons. The lowest BCUT2D eigenvalue weighted by Crippen LogP contribution is -2.43. The number of nitrogens with two attached hydrogens (primary N) is 1.